The third-order valence-electron chi connectivity index (χ3n) is 0. The Labute approximate surface area is 67.0 Å². The molecule has 0 atom stereocenters. The van der Waals surface area contributed by atoms with Crippen LogP contribution in [-0.4, -0.2) is 57.4 Å². The largest absolute Gasteiger partial charge is 0.242 e. The molecule has 17 valence electrons. The van der Waals surface area contributed by atoms with Crippen molar-refractivity contribution in [2.45, 2.75) is 0 Å². The molecule has 4 heavy (non-hydrogen) atoms. The summed E-state index contributed by atoms with van der Waals surface area (Å²) in [5, 5.41) is 11.2. The van der Waals surface area contributed by atoms with Crippen LogP contribution in [0.15, 0.2) is 0 Å². The van der Waals surface area contributed by atoms with E-state index >= 15 is 0 Å². The Bertz CT molecular complexity index is 27.0. The zero-order valence-corrected chi connectivity index (χ0v) is 5.62. The van der Waals surface area contributed by atoms with Gasteiger partial charge < -0.3 is 0 Å². The maximum atomic E-state index is 5.62. The van der Waals surface area contributed by atoms with Gasteiger partial charge in [-0.3, -0.25) is 0 Å². The van der Waals surface area contributed by atoms with Crippen molar-refractivity contribution < 1.29 is 0 Å². The van der Waals surface area contributed by atoms with Crippen LogP contribution in [0, 0.1) is 10.8 Å². The van der Waals surface area contributed by atoms with Gasteiger partial charge in [-0.05, 0) is 0 Å². The van der Waals surface area contributed by atoms with E-state index < -0.39 is 0 Å². The van der Waals surface area contributed by atoms with Gasteiger partial charge in [0.1, 0.15) is 0 Å². The summed E-state index contributed by atoms with van der Waals surface area (Å²) >= 11 is 0. The molecule has 0 fully saturated rings. The van der Waals surface area contributed by atoms with E-state index in [0.29, 0.717) is 0 Å². The first-order valence-corrected chi connectivity index (χ1v) is 0.500. The molecule has 0 amide bonds. The Morgan fingerprint density at radius 1 is 1.25 bits per heavy atom. The topological polar surface area (TPSA) is 47.7 Å². The van der Waals surface area contributed by atoms with Crippen LogP contribution < -0.4 is 0 Å². The molecule has 2 N–H and O–H groups in total. The van der Waals surface area contributed by atoms with E-state index in [1.165, 1.54) is 6.01 Å². The van der Waals surface area contributed by atoms with Gasteiger partial charge in [-0.25, -0.2) is 10.8 Å². The molecule has 2 nitrogen and oxygen atoms in total. The zero-order valence-electron chi connectivity index (χ0n) is 2.50. The number of nitrogens with one attached hydrogen (secondary N) is 2. The van der Waals surface area contributed by atoms with Gasteiger partial charge in [0.05, 0.1) is 6.01 Å². The smallest absolute Gasteiger partial charge is 0.0831 e. The van der Waals surface area contributed by atoms with Crippen molar-refractivity contribution >= 4 is 57.4 Å². The summed E-state index contributed by atoms with van der Waals surface area (Å²) in [7, 11) is 0. The normalized spacial score (nSPS) is 2.00. The van der Waals surface area contributed by atoms with E-state index in [0.717, 1.165) is 0 Å². The van der Waals surface area contributed by atoms with Crippen molar-refractivity contribution in [2.75, 3.05) is 0 Å². The second kappa shape index (κ2) is 8.99. The molecule has 0 aliphatic carbocycles. The maximum absolute atomic E-state index is 5.62. The summed E-state index contributed by atoms with van der Waals surface area (Å²) in [6, 6.07) is 1.25. The predicted octanol–water partition coefficient (Wildman–Crippen LogP) is -0.0630. The van der Waals surface area contributed by atoms with Crippen molar-refractivity contribution in [3.63, 3.8) is 0 Å². The van der Waals surface area contributed by atoms with Gasteiger partial charge in [-0.2, -0.15) is 0 Å². The van der Waals surface area contributed by atoms with Crippen LogP contribution in [0.25, 0.3) is 0 Å². The molecule has 0 aliphatic rings. The molecule has 0 aromatic heterocycles. The van der Waals surface area contributed by atoms with E-state index in [1.54, 1.807) is 0 Å². The molecule has 0 saturated heterocycles. The van der Waals surface area contributed by atoms with Gasteiger partial charge in [-0.1, -0.05) is 0 Å². The Morgan fingerprint density at radius 3 is 1.25 bits per heavy atom. The summed E-state index contributed by atoms with van der Waals surface area (Å²) < 4.78 is 0. The van der Waals surface area contributed by atoms with E-state index in [4.69, 9.17) is 10.8 Å². The molecule has 0 bridgehead atoms. The molecule has 0 unspecified atom stereocenters. The molecular weight excluding hydrogens is 79.1 g/mol. The van der Waals surface area contributed by atoms with E-state index in [9.17, 15) is 0 Å². The predicted molar refractivity (Wildman–Crippen MR) is 16.2 cm³/mol. The Morgan fingerprint density at radius 2 is 1.25 bits per heavy atom. The van der Waals surface area contributed by atoms with Crippen molar-refractivity contribution in [3.05, 3.63) is 0 Å². The van der Waals surface area contributed by atoms with Gasteiger partial charge in [-0.15, -0.1) is 0 Å². The van der Waals surface area contributed by atoms with Crippen molar-refractivity contribution in [1.29, 1.82) is 10.8 Å². The number of hydrogen-bond acceptors (Lipinski definition) is 2. The maximum Gasteiger partial charge on any atom is 0.0831 e. The van der Waals surface area contributed by atoms with Crippen LogP contribution in [-0.2, 0) is 0 Å². The fourth-order valence-electron chi connectivity index (χ4n) is 0. The first kappa shape index (κ1) is 8.89. The Hall–Kier alpha value is 1.02. The summed E-state index contributed by atoms with van der Waals surface area (Å²) in [4.78, 5) is 0. The van der Waals surface area contributed by atoms with Crippen molar-refractivity contribution in [2.24, 2.45) is 0 Å². The molecule has 0 aromatic rings. The van der Waals surface area contributed by atoms with Gasteiger partial charge in [0.2, 0.25) is 0 Å². The van der Waals surface area contributed by atoms with E-state index in [1.807, 2.05) is 0 Å². The molecule has 3 heteroatoms. The van der Waals surface area contributed by atoms with Crippen LogP contribution in [0.4, 0.5) is 0 Å². The van der Waals surface area contributed by atoms with Crippen LogP contribution in [0.1, 0.15) is 0 Å². The first-order valence-electron chi connectivity index (χ1n) is 0.500. The van der Waals surface area contributed by atoms with Crippen LogP contribution >= 0.6 is 0 Å². The molecule has 0 spiro atoms. The molecule has 0 rings (SSSR count). The van der Waals surface area contributed by atoms with E-state index in [2.05, 4.69) is 0 Å². The van der Waals surface area contributed by atoms with Crippen molar-refractivity contribution in [1.82, 2.24) is 0 Å². The van der Waals surface area contributed by atoms with Gasteiger partial charge >= 0.3 is 0 Å². The fourth-order valence-corrected chi connectivity index (χ4v) is 0. The van der Waals surface area contributed by atoms with Gasteiger partial charge in [0.15, 0.2) is 0 Å². The minimum Gasteiger partial charge on any atom is -0.242 e. The molecule has 0 aliphatic heterocycles. The zero-order chi connectivity index (χ0) is 2.71. The summed E-state index contributed by atoms with van der Waals surface area (Å²) in [5.74, 6) is 0. The van der Waals surface area contributed by atoms with Crippen LogP contribution in [0.3, 0.4) is 0 Å². The average molecular weight is 81.1 g/mol. The second-order valence-electron chi connectivity index (χ2n) is 0.125. The van der Waals surface area contributed by atoms with E-state index in [-0.39, 0.29) is 51.4 Å². The second-order valence-corrected chi connectivity index (χ2v) is 0.125. The Balaban J connectivity index is 0. The van der Waals surface area contributed by atoms with Gasteiger partial charge in [0, 0.05) is 51.4 Å². The molecule has 0 heterocycles. The Kier molecular flexibility index (Phi) is 20.0. The van der Waals surface area contributed by atoms with Crippen LogP contribution in [0.5, 0.6) is 0 Å². The molecular formula is CH2KN2. The summed E-state index contributed by atoms with van der Waals surface area (Å²) in [5.41, 5.74) is 0. The fraction of sp³-hybridized carbons (Fsp3) is 0. The van der Waals surface area contributed by atoms with Crippen molar-refractivity contribution in [3.8, 4) is 0 Å². The van der Waals surface area contributed by atoms with Gasteiger partial charge in [0.25, 0.3) is 0 Å². The third-order valence-corrected chi connectivity index (χ3v) is 0. The molecule has 1 radical (unpaired) electrons. The quantitative estimate of drug-likeness (QED) is 0.303. The third kappa shape index (κ3) is 11.9. The first-order chi connectivity index (χ1) is 1.41. The summed E-state index contributed by atoms with van der Waals surface area (Å²) in [6.07, 6.45) is 0. The monoisotopic (exact) mass is 81.0 g/mol. The SMILES string of the molecule is N=C=N.[K]. The number of hydrogen-bond donors (Lipinski definition) is 2. The molecule has 0 aromatic carbocycles. The minimum atomic E-state index is 0. The van der Waals surface area contributed by atoms with Crippen LogP contribution in [0.2, 0.25) is 0 Å². The standard InChI is InChI=1S/CH2N2.K/c2-1-3;/h2-3H;. The number of rotatable bonds is 0. The summed E-state index contributed by atoms with van der Waals surface area (Å²) in [6.45, 7) is 0. The molecule has 0 saturated carbocycles. The average Bonchev–Trinajstić information content (AvgIpc) is 0.918. The minimum absolute atomic E-state index is 0.